The van der Waals surface area contributed by atoms with Crippen LogP contribution in [0.5, 0.6) is 5.75 Å². The second kappa shape index (κ2) is 12.9. The number of anilines is 3. The van der Waals surface area contributed by atoms with Crippen molar-refractivity contribution in [2.75, 3.05) is 28.1 Å². The number of ether oxygens (including phenoxy) is 1. The summed E-state index contributed by atoms with van der Waals surface area (Å²) >= 11 is 0. The van der Waals surface area contributed by atoms with Crippen LogP contribution in [0.3, 0.4) is 0 Å². The first kappa shape index (κ1) is 30.3. The molecule has 42 heavy (non-hydrogen) atoms. The number of hydrogen-bond donors (Lipinski definition) is 2. The zero-order valence-corrected chi connectivity index (χ0v) is 24.9. The Bertz CT molecular complexity index is 1630. The molecule has 9 heteroatoms. The fourth-order valence-corrected chi connectivity index (χ4v) is 5.68. The fraction of sp³-hybridized carbons (Fsp3) is 0.212. The van der Waals surface area contributed by atoms with Crippen LogP contribution in [0.2, 0.25) is 0 Å². The highest BCUT2D eigenvalue weighted by Crippen LogP contribution is 2.27. The minimum Gasteiger partial charge on any atom is -0.494 e. The molecule has 4 aromatic rings. The Kier molecular flexibility index (Phi) is 9.32. The molecule has 0 aliphatic carbocycles. The number of hydrogen-bond acceptors (Lipinski definition) is 5. The summed E-state index contributed by atoms with van der Waals surface area (Å²) in [5.74, 6) is -0.244. The van der Waals surface area contributed by atoms with Crippen molar-refractivity contribution in [1.82, 2.24) is 0 Å². The molecule has 0 fully saturated rings. The van der Waals surface area contributed by atoms with Gasteiger partial charge in [0.15, 0.2) is 0 Å². The van der Waals surface area contributed by atoms with E-state index >= 15 is 0 Å². The molecule has 8 nitrogen and oxygen atoms in total. The molecular formula is C33H35N3O5S. The first-order chi connectivity index (χ1) is 20.0. The van der Waals surface area contributed by atoms with Gasteiger partial charge in [-0.05, 0) is 84.6 Å². The summed E-state index contributed by atoms with van der Waals surface area (Å²) in [6, 6.07) is 28.6. The molecule has 0 spiro atoms. The lowest BCUT2D eigenvalue weighted by Crippen LogP contribution is -2.38. The molecule has 0 aliphatic heterocycles. The van der Waals surface area contributed by atoms with E-state index in [1.54, 1.807) is 78.9 Å². The fourth-order valence-electron chi connectivity index (χ4n) is 4.24. The molecule has 4 rings (SSSR count). The first-order valence-corrected chi connectivity index (χ1v) is 15.0. The normalized spacial score (nSPS) is 11.4. The lowest BCUT2D eigenvalue weighted by atomic mass is 9.87. The van der Waals surface area contributed by atoms with Gasteiger partial charge < -0.3 is 15.4 Å². The lowest BCUT2D eigenvalue weighted by Gasteiger charge is -2.24. The average molecular weight is 586 g/mol. The molecule has 0 aliphatic rings. The van der Waals surface area contributed by atoms with Crippen LogP contribution in [0, 0.1) is 0 Å². The van der Waals surface area contributed by atoms with Gasteiger partial charge in [0.25, 0.3) is 15.9 Å². The highest BCUT2D eigenvalue weighted by molar-refractivity contribution is 7.92. The van der Waals surface area contributed by atoms with E-state index in [1.807, 2.05) is 19.1 Å². The van der Waals surface area contributed by atoms with Crippen molar-refractivity contribution in [1.29, 1.82) is 0 Å². The molecule has 2 amide bonds. The highest BCUT2D eigenvalue weighted by Gasteiger charge is 2.27. The predicted octanol–water partition coefficient (Wildman–Crippen LogP) is 6.47. The molecule has 0 atom stereocenters. The van der Waals surface area contributed by atoms with Gasteiger partial charge in [0.1, 0.15) is 12.3 Å². The van der Waals surface area contributed by atoms with Crippen LogP contribution < -0.4 is 19.7 Å². The number of nitrogens with zero attached hydrogens (tertiary/aromatic N) is 1. The average Bonchev–Trinajstić information content (AvgIpc) is 2.97. The van der Waals surface area contributed by atoms with Crippen molar-refractivity contribution in [2.45, 2.75) is 38.0 Å². The first-order valence-electron chi connectivity index (χ1n) is 13.6. The van der Waals surface area contributed by atoms with Crippen molar-refractivity contribution in [2.24, 2.45) is 0 Å². The van der Waals surface area contributed by atoms with Crippen molar-refractivity contribution in [3.05, 3.63) is 114 Å². The van der Waals surface area contributed by atoms with E-state index in [2.05, 4.69) is 31.4 Å². The number of carbonyl (C=O) groups is 2. The molecule has 0 aromatic heterocycles. The quantitative estimate of drug-likeness (QED) is 0.222. The van der Waals surface area contributed by atoms with Gasteiger partial charge in [0.2, 0.25) is 5.91 Å². The maximum atomic E-state index is 13.6. The summed E-state index contributed by atoms with van der Waals surface area (Å²) in [6.45, 7) is 8.18. The molecule has 0 heterocycles. The zero-order chi connectivity index (χ0) is 30.3. The predicted molar refractivity (Wildman–Crippen MR) is 167 cm³/mol. The third-order valence-corrected chi connectivity index (χ3v) is 8.26. The van der Waals surface area contributed by atoms with Crippen LogP contribution >= 0.6 is 0 Å². The van der Waals surface area contributed by atoms with Gasteiger partial charge >= 0.3 is 0 Å². The Hall–Kier alpha value is -4.63. The molecule has 0 saturated carbocycles. The van der Waals surface area contributed by atoms with E-state index in [-0.39, 0.29) is 16.2 Å². The van der Waals surface area contributed by atoms with E-state index in [0.717, 1.165) is 9.87 Å². The number of rotatable bonds is 10. The third-order valence-electron chi connectivity index (χ3n) is 6.47. The third kappa shape index (κ3) is 7.55. The molecule has 0 saturated heterocycles. The molecular weight excluding hydrogens is 550 g/mol. The van der Waals surface area contributed by atoms with Gasteiger partial charge in [-0.25, -0.2) is 8.42 Å². The summed E-state index contributed by atoms with van der Waals surface area (Å²) in [4.78, 5) is 26.1. The Morgan fingerprint density at radius 2 is 1.40 bits per heavy atom. The lowest BCUT2D eigenvalue weighted by molar-refractivity contribution is -0.114. The van der Waals surface area contributed by atoms with Crippen LogP contribution in [-0.2, 0) is 20.2 Å². The van der Waals surface area contributed by atoms with Crippen LogP contribution in [0.25, 0.3) is 0 Å². The Labute approximate surface area is 247 Å². The van der Waals surface area contributed by atoms with E-state index in [9.17, 15) is 18.0 Å². The second-order valence-electron chi connectivity index (χ2n) is 10.7. The number of amides is 2. The molecule has 0 bridgehead atoms. The summed E-state index contributed by atoms with van der Waals surface area (Å²) in [6.07, 6.45) is 0. The van der Waals surface area contributed by atoms with Crippen LogP contribution in [0.1, 0.15) is 43.6 Å². The monoisotopic (exact) mass is 585 g/mol. The molecule has 4 aromatic carbocycles. The molecule has 218 valence electrons. The van der Waals surface area contributed by atoms with Crippen LogP contribution in [0.4, 0.5) is 17.1 Å². The minimum atomic E-state index is -4.06. The van der Waals surface area contributed by atoms with Gasteiger partial charge in [0, 0.05) is 16.9 Å². The van der Waals surface area contributed by atoms with Gasteiger partial charge in [-0.2, -0.15) is 0 Å². The van der Waals surface area contributed by atoms with Gasteiger partial charge in [-0.3, -0.25) is 13.9 Å². The van der Waals surface area contributed by atoms with Crippen molar-refractivity contribution < 1.29 is 22.7 Å². The number of sulfonamides is 1. The van der Waals surface area contributed by atoms with Gasteiger partial charge in [0.05, 0.1) is 17.2 Å². The second-order valence-corrected chi connectivity index (χ2v) is 12.5. The van der Waals surface area contributed by atoms with E-state index in [4.69, 9.17) is 4.74 Å². The SMILES string of the molecule is CCOc1ccc(N(CC(=O)Nc2cccc(NC(=O)c3ccc(C(C)(C)C)cc3)c2)S(=O)(=O)c2ccccc2)cc1. The van der Waals surface area contributed by atoms with E-state index < -0.39 is 22.5 Å². The smallest absolute Gasteiger partial charge is 0.264 e. The van der Waals surface area contributed by atoms with Gasteiger partial charge in [-0.15, -0.1) is 0 Å². The maximum Gasteiger partial charge on any atom is 0.264 e. The topological polar surface area (TPSA) is 105 Å². The summed E-state index contributed by atoms with van der Waals surface area (Å²) in [7, 11) is -4.06. The van der Waals surface area contributed by atoms with Crippen LogP contribution in [-0.4, -0.2) is 33.4 Å². The summed E-state index contributed by atoms with van der Waals surface area (Å²) in [5.41, 5.74) is 2.82. The summed E-state index contributed by atoms with van der Waals surface area (Å²) < 4.78 is 33.7. The number of carbonyl (C=O) groups excluding carboxylic acids is 2. The Morgan fingerprint density at radius 1 is 0.786 bits per heavy atom. The van der Waals surface area contributed by atoms with Crippen LogP contribution in [0.15, 0.2) is 108 Å². The minimum absolute atomic E-state index is 0.0233. The standard InChI is InChI=1S/C33H35N3O5S/c1-5-41-29-20-18-28(19-21-29)36(42(39,40)30-12-7-6-8-13-30)23-31(37)34-26-10-9-11-27(22-26)35-32(38)24-14-16-25(17-15-24)33(2,3)4/h6-22H,5,23H2,1-4H3,(H,34,37)(H,35,38). The largest absolute Gasteiger partial charge is 0.494 e. The zero-order valence-electron chi connectivity index (χ0n) is 24.1. The number of nitrogens with one attached hydrogen (secondary N) is 2. The number of benzene rings is 4. The Morgan fingerprint density at radius 3 is 2.00 bits per heavy atom. The molecule has 0 radical (unpaired) electrons. The van der Waals surface area contributed by atoms with Crippen molar-refractivity contribution in [3.8, 4) is 5.75 Å². The Balaban J connectivity index is 1.50. The van der Waals surface area contributed by atoms with Gasteiger partial charge in [-0.1, -0.05) is 57.2 Å². The van der Waals surface area contributed by atoms with E-state index in [1.165, 1.54) is 12.1 Å². The maximum absolute atomic E-state index is 13.6. The van der Waals surface area contributed by atoms with E-state index in [0.29, 0.717) is 35.0 Å². The van der Waals surface area contributed by atoms with Crippen molar-refractivity contribution in [3.63, 3.8) is 0 Å². The molecule has 0 unspecified atom stereocenters. The van der Waals surface area contributed by atoms with Crippen molar-refractivity contribution >= 4 is 38.9 Å². The highest BCUT2D eigenvalue weighted by atomic mass is 32.2. The molecule has 2 N–H and O–H groups in total. The summed E-state index contributed by atoms with van der Waals surface area (Å²) in [5, 5.41) is 5.60.